The fraction of sp³-hybridized carbons (Fsp3) is 0.471. The Kier molecular flexibility index (Phi) is 4.88. The van der Waals surface area contributed by atoms with Crippen LogP contribution >= 0.6 is 0 Å². The van der Waals surface area contributed by atoms with Gasteiger partial charge in [0, 0.05) is 52.7 Å². The van der Waals surface area contributed by atoms with Crippen LogP contribution in [0.25, 0.3) is 0 Å². The number of hydrogen-bond donors (Lipinski definition) is 0. The summed E-state index contributed by atoms with van der Waals surface area (Å²) in [6, 6.07) is 1.64. The third kappa shape index (κ3) is 3.51. The Balaban J connectivity index is 1.85. The maximum Gasteiger partial charge on any atom is 0.347 e. The summed E-state index contributed by atoms with van der Waals surface area (Å²) in [5, 5.41) is 0. The van der Waals surface area contributed by atoms with E-state index in [0.717, 1.165) is 17.1 Å². The second kappa shape index (κ2) is 7.11. The molecular formula is C17H23N7O2. The Morgan fingerprint density at radius 2 is 1.96 bits per heavy atom. The largest absolute Gasteiger partial charge is 0.362 e. The van der Waals surface area contributed by atoms with Gasteiger partial charge in [0.15, 0.2) is 0 Å². The molecule has 138 valence electrons. The first-order valence-electron chi connectivity index (χ1n) is 8.40. The van der Waals surface area contributed by atoms with Gasteiger partial charge < -0.3 is 14.7 Å². The molecule has 0 atom stereocenters. The summed E-state index contributed by atoms with van der Waals surface area (Å²) in [6.07, 6.45) is 3.68. The quantitative estimate of drug-likeness (QED) is 0.746. The van der Waals surface area contributed by atoms with Crippen molar-refractivity contribution < 1.29 is 4.79 Å². The van der Waals surface area contributed by atoms with E-state index in [-0.39, 0.29) is 12.5 Å². The summed E-state index contributed by atoms with van der Waals surface area (Å²) in [6.45, 7) is 0.966. The van der Waals surface area contributed by atoms with E-state index in [4.69, 9.17) is 0 Å². The molecule has 0 unspecified atom stereocenters. The maximum atomic E-state index is 12.6. The summed E-state index contributed by atoms with van der Waals surface area (Å²) in [4.78, 5) is 42.8. The van der Waals surface area contributed by atoms with Gasteiger partial charge in [-0.2, -0.15) is 4.98 Å². The molecular weight excluding hydrogens is 334 g/mol. The van der Waals surface area contributed by atoms with Crippen molar-refractivity contribution in [3.8, 4) is 0 Å². The lowest BCUT2D eigenvalue weighted by Gasteiger charge is -2.31. The van der Waals surface area contributed by atoms with Gasteiger partial charge in [0.2, 0.25) is 11.9 Å². The van der Waals surface area contributed by atoms with E-state index < -0.39 is 5.69 Å². The first-order chi connectivity index (χ1) is 12.4. The molecule has 0 bridgehead atoms. The fourth-order valence-corrected chi connectivity index (χ4v) is 2.93. The Morgan fingerprint density at radius 1 is 1.19 bits per heavy atom. The number of carbonyl (C=O) groups is 1. The van der Waals surface area contributed by atoms with Crippen molar-refractivity contribution in [1.82, 2.24) is 24.4 Å². The summed E-state index contributed by atoms with van der Waals surface area (Å²) >= 11 is 0. The van der Waals surface area contributed by atoms with Crippen LogP contribution in [0, 0.1) is 0 Å². The van der Waals surface area contributed by atoms with Crippen LogP contribution in [-0.4, -0.2) is 65.1 Å². The zero-order valence-corrected chi connectivity index (χ0v) is 15.5. The first kappa shape index (κ1) is 17.8. The molecule has 1 aliphatic rings. The number of aromatic nitrogens is 4. The molecule has 0 aliphatic carbocycles. The minimum absolute atomic E-state index is 0.0197. The molecule has 0 saturated heterocycles. The molecule has 0 saturated carbocycles. The Labute approximate surface area is 151 Å². The topological polar surface area (TPSA) is 87.5 Å². The normalized spacial score (nSPS) is 13.3. The number of hydrogen-bond acceptors (Lipinski definition) is 7. The fourth-order valence-electron chi connectivity index (χ4n) is 2.93. The summed E-state index contributed by atoms with van der Waals surface area (Å²) < 4.78 is 1.31. The third-order valence-electron chi connectivity index (χ3n) is 4.30. The second-order valence-electron chi connectivity index (χ2n) is 6.66. The van der Waals surface area contributed by atoms with Crippen molar-refractivity contribution in [3.05, 3.63) is 40.2 Å². The van der Waals surface area contributed by atoms with Crippen LogP contribution in [0.15, 0.2) is 23.3 Å². The standard InChI is InChI=1S/C17H23N7O2/c1-21(2)15-12-6-9-23(10-13(12)19-16(20-15)22(3)4)14(25)11-24-8-5-7-18-17(24)26/h5,7-8H,6,9-11H2,1-4H3. The van der Waals surface area contributed by atoms with Crippen LogP contribution in [0.2, 0.25) is 0 Å². The molecule has 0 radical (unpaired) electrons. The van der Waals surface area contributed by atoms with Crippen LogP contribution in [0.3, 0.4) is 0 Å². The third-order valence-corrected chi connectivity index (χ3v) is 4.30. The highest BCUT2D eigenvalue weighted by Crippen LogP contribution is 2.27. The van der Waals surface area contributed by atoms with Gasteiger partial charge in [-0.15, -0.1) is 0 Å². The molecule has 2 aromatic heterocycles. The van der Waals surface area contributed by atoms with Crippen molar-refractivity contribution in [3.63, 3.8) is 0 Å². The number of rotatable bonds is 4. The molecule has 9 heteroatoms. The van der Waals surface area contributed by atoms with E-state index in [1.807, 2.05) is 38.0 Å². The van der Waals surface area contributed by atoms with Crippen molar-refractivity contribution in [2.24, 2.45) is 0 Å². The molecule has 1 amide bonds. The maximum absolute atomic E-state index is 12.6. The van der Waals surface area contributed by atoms with Crippen molar-refractivity contribution in [2.75, 3.05) is 44.5 Å². The number of anilines is 2. The lowest BCUT2D eigenvalue weighted by Crippen LogP contribution is -2.41. The lowest BCUT2D eigenvalue weighted by atomic mass is 10.0. The lowest BCUT2D eigenvalue weighted by molar-refractivity contribution is -0.132. The molecule has 3 heterocycles. The van der Waals surface area contributed by atoms with E-state index in [1.54, 1.807) is 17.2 Å². The van der Waals surface area contributed by atoms with E-state index >= 15 is 0 Å². The molecule has 0 fully saturated rings. The zero-order valence-electron chi connectivity index (χ0n) is 15.5. The van der Waals surface area contributed by atoms with Crippen LogP contribution in [0.1, 0.15) is 11.3 Å². The zero-order chi connectivity index (χ0) is 18.8. The summed E-state index contributed by atoms with van der Waals surface area (Å²) in [5.74, 6) is 1.38. The molecule has 26 heavy (non-hydrogen) atoms. The van der Waals surface area contributed by atoms with E-state index in [1.165, 1.54) is 10.8 Å². The highest BCUT2D eigenvalue weighted by Gasteiger charge is 2.26. The van der Waals surface area contributed by atoms with Crippen LogP contribution in [0.5, 0.6) is 0 Å². The predicted molar refractivity (Wildman–Crippen MR) is 98.3 cm³/mol. The van der Waals surface area contributed by atoms with E-state index in [2.05, 4.69) is 15.0 Å². The Bertz CT molecular complexity index is 876. The Morgan fingerprint density at radius 3 is 2.62 bits per heavy atom. The van der Waals surface area contributed by atoms with Crippen molar-refractivity contribution >= 4 is 17.7 Å². The highest BCUT2D eigenvalue weighted by molar-refractivity contribution is 5.76. The van der Waals surface area contributed by atoms with E-state index in [0.29, 0.717) is 25.5 Å². The number of nitrogens with zero attached hydrogens (tertiary/aromatic N) is 7. The minimum Gasteiger partial charge on any atom is -0.362 e. The van der Waals surface area contributed by atoms with E-state index in [9.17, 15) is 9.59 Å². The van der Waals surface area contributed by atoms with Gasteiger partial charge in [-0.05, 0) is 12.5 Å². The number of amides is 1. The SMILES string of the molecule is CN(C)c1nc2c(c(N(C)C)n1)CCN(C(=O)Cn1cccnc1=O)C2. The van der Waals surface area contributed by atoms with Gasteiger partial charge in [-0.3, -0.25) is 9.36 Å². The summed E-state index contributed by atoms with van der Waals surface area (Å²) in [7, 11) is 7.69. The van der Waals surface area contributed by atoms with Gasteiger partial charge >= 0.3 is 5.69 Å². The smallest absolute Gasteiger partial charge is 0.347 e. The monoisotopic (exact) mass is 357 g/mol. The highest BCUT2D eigenvalue weighted by atomic mass is 16.2. The average molecular weight is 357 g/mol. The molecule has 3 rings (SSSR count). The summed E-state index contributed by atoms with van der Waals surface area (Å²) in [5.41, 5.74) is 1.50. The molecule has 0 aromatic carbocycles. The van der Waals surface area contributed by atoms with Gasteiger partial charge in [-0.1, -0.05) is 0 Å². The van der Waals surface area contributed by atoms with Crippen LogP contribution in [-0.2, 0) is 24.3 Å². The predicted octanol–water partition coefficient (Wildman–Crippen LogP) is -0.250. The van der Waals surface area contributed by atoms with Gasteiger partial charge in [0.05, 0.1) is 12.2 Å². The Hall–Kier alpha value is -2.97. The average Bonchev–Trinajstić information content (AvgIpc) is 2.61. The molecule has 0 N–H and O–H groups in total. The van der Waals surface area contributed by atoms with Crippen molar-refractivity contribution in [1.29, 1.82) is 0 Å². The van der Waals surface area contributed by atoms with Crippen molar-refractivity contribution in [2.45, 2.75) is 19.5 Å². The van der Waals surface area contributed by atoms with Gasteiger partial charge in [0.1, 0.15) is 12.4 Å². The molecule has 9 nitrogen and oxygen atoms in total. The van der Waals surface area contributed by atoms with Crippen LogP contribution in [0.4, 0.5) is 11.8 Å². The second-order valence-corrected chi connectivity index (χ2v) is 6.66. The molecule has 0 spiro atoms. The van der Waals surface area contributed by atoms with Gasteiger partial charge in [0.25, 0.3) is 0 Å². The molecule has 1 aliphatic heterocycles. The number of carbonyl (C=O) groups excluding carboxylic acids is 1. The molecule has 2 aromatic rings. The number of fused-ring (bicyclic) bond motifs is 1. The van der Waals surface area contributed by atoms with Crippen LogP contribution < -0.4 is 15.5 Å². The minimum atomic E-state index is -0.426. The van der Waals surface area contributed by atoms with Gasteiger partial charge in [-0.25, -0.2) is 14.8 Å². The first-order valence-corrected chi connectivity index (χ1v) is 8.40.